The van der Waals surface area contributed by atoms with E-state index in [1.165, 1.54) is 49.7 Å². The molecule has 0 bridgehead atoms. The van der Waals surface area contributed by atoms with Crippen LogP contribution in [0.5, 0.6) is 0 Å². The van der Waals surface area contributed by atoms with Crippen LogP contribution >= 0.6 is 0 Å². The third-order valence-electron chi connectivity index (χ3n) is 5.88. The van der Waals surface area contributed by atoms with Crippen molar-refractivity contribution in [1.82, 2.24) is 0 Å². The van der Waals surface area contributed by atoms with E-state index in [1.807, 2.05) is 6.08 Å². The van der Waals surface area contributed by atoms with Crippen molar-refractivity contribution in [1.29, 1.82) is 0 Å². The highest BCUT2D eigenvalue weighted by Gasteiger charge is 2.51. The maximum absolute atomic E-state index is 12.4. The first-order chi connectivity index (χ1) is 9.77. The third-order valence-corrected chi connectivity index (χ3v) is 5.88. The SMILES string of the molecule is O=C1C=C(c2ccccc2)[C@@H]2CC3(CCCCC3)C[C@H]12. The van der Waals surface area contributed by atoms with E-state index in [4.69, 9.17) is 0 Å². The van der Waals surface area contributed by atoms with Gasteiger partial charge in [-0.25, -0.2) is 0 Å². The van der Waals surface area contributed by atoms with E-state index in [2.05, 4.69) is 30.3 Å². The van der Waals surface area contributed by atoms with Gasteiger partial charge in [0, 0.05) is 5.92 Å². The number of benzene rings is 1. The van der Waals surface area contributed by atoms with Gasteiger partial charge in [0.25, 0.3) is 0 Å². The first kappa shape index (κ1) is 12.4. The Labute approximate surface area is 121 Å². The van der Waals surface area contributed by atoms with Gasteiger partial charge in [-0.2, -0.15) is 0 Å². The molecule has 1 aromatic rings. The number of hydrogen-bond donors (Lipinski definition) is 0. The molecule has 1 aromatic carbocycles. The Morgan fingerprint density at radius 3 is 2.35 bits per heavy atom. The van der Waals surface area contributed by atoms with Crippen LogP contribution in [0.25, 0.3) is 5.57 Å². The number of hydrogen-bond acceptors (Lipinski definition) is 1. The fraction of sp³-hybridized carbons (Fsp3) is 0.526. The van der Waals surface area contributed by atoms with Crippen LogP contribution in [0.1, 0.15) is 50.5 Å². The van der Waals surface area contributed by atoms with Crippen molar-refractivity contribution in [2.45, 2.75) is 44.9 Å². The topological polar surface area (TPSA) is 17.1 Å². The van der Waals surface area contributed by atoms with Crippen LogP contribution in [0.15, 0.2) is 36.4 Å². The molecule has 1 heteroatoms. The van der Waals surface area contributed by atoms with Gasteiger partial charge in [0.2, 0.25) is 0 Å². The van der Waals surface area contributed by atoms with Crippen molar-refractivity contribution in [3.8, 4) is 0 Å². The van der Waals surface area contributed by atoms with Gasteiger partial charge in [-0.3, -0.25) is 4.79 Å². The number of ketones is 1. The molecule has 1 spiro atoms. The summed E-state index contributed by atoms with van der Waals surface area (Å²) in [7, 11) is 0. The lowest BCUT2D eigenvalue weighted by atomic mass is 9.71. The fourth-order valence-electron chi connectivity index (χ4n) is 4.93. The first-order valence-corrected chi connectivity index (χ1v) is 8.08. The summed E-state index contributed by atoms with van der Waals surface area (Å²) in [6.45, 7) is 0. The molecule has 1 nitrogen and oxygen atoms in total. The number of carbonyl (C=O) groups excluding carboxylic acids is 1. The van der Waals surface area contributed by atoms with Crippen molar-refractivity contribution in [2.75, 3.05) is 0 Å². The summed E-state index contributed by atoms with van der Waals surface area (Å²) in [5.74, 6) is 1.20. The molecule has 3 aliphatic rings. The highest BCUT2D eigenvalue weighted by molar-refractivity contribution is 6.04. The van der Waals surface area contributed by atoms with Crippen molar-refractivity contribution in [3.63, 3.8) is 0 Å². The van der Waals surface area contributed by atoms with Gasteiger partial charge in [0.05, 0.1) is 0 Å². The Morgan fingerprint density at radius 1 is 0.900 bits per heavy atom. The minimum Gasteiger partial charge on any atom is -0.295 e. The smallest absolute Gasteiger partial charge is 0.159 e. The molecule has 104 valence electrons. The molecule has 0 aliphatic heterocycles. The van der Waals surface area contributed by atoms with E-state index in [9.17, 15) is 4.79 Å². The second-order valence-electron chi connectivity index (χ2n) is 7.05. The number of rotatable bonds is 1. The van der Waals surface area contributed by atoms with E-state index in [0.717, 1.165) is 6.42 Å². The van der Waals surface area contributed by atoms with Crippen LogP contribution in [0.3, 0.4) is 0 Å². The zero-order valence-corrected chi connectivity index (χ0v) is 12.0. The quantitative estimate of drug-likeness (QED) is 0.724. The monoisotopic (exact) mass is 266 g/mol. The van der Waals surface area contributed by atoms with Gasteiger partial charge < -0.3 is 0 Å². The summed E-state index contributed by atoms with van der Waals surface area (Å²) in [6, 6.07) is 10.5. The maximum Gasteiger partial charge on any atom is 0.159 e. The number of allylic oxidation sites excluding steroid dienone is 2. The Morgan fingerprint density at radius 2 is 1.60 bits per heavy atom. The minimum absolute atomic E-state index is 0.295. The van der Waals surface area contributed by atoms with Crippen LogP contribution in [0, 0.1) is 17.3 Å². The molecule has 4 rings (SSSR count). The van der Waals surface area contributed by atoms with Gasteiger partial charge in [0.15, 0.2) is 5.78 Å². The summed E-state index contributed by atoms with van der Waals surface area (Å²) in [6.07, 6.45) is 11.2. The lowest BCUT2D eigenvalue weighted by molar-refractivity contribution is -0.118. The number of carbonyl (C=O) groups is 1. The van der Waals surface area contributed by atoms with E-state index in [0.29, 0.717) is 23.0 Å². The van der Waals surface area contributed by atoms with Crippen molar-refractivity contribution >= 4 is 11.4 Å². The maximum atomic E-state index is 12.4. The Bertz CT molecular complexity index is 548. The van der Waals surface area contributed by atoms with Crippen molar-refractivity contribution in [3.05, 3.63) is 42.0 Å². The van der Waals surface area contributed by atoms with Crippen molar-refractivity contribution in [2.24, 2.45) is 17.3 Å². The summed E-state index contributed by atoms with van der Waals surface area (Å²) in [4.78, 5) is 12.4. The zero-order valence-electron chi connectivity index (χ0n) is 12.0. The molecular formula is C19H22O. The molecule has 2 atom stereocenters. The summed E-state index contributed by atoms with van der Waals surface area (Å²) in [5, 5.41) is 0. The molecule has 2 saturated carbocycles. The van der Waals surface area contributed by atoms with Gasteiger partial charge in [-0.1, -0.05) is 49.6 Å². The highest BCUT2D eigenvalue weighted by Crippen LogP contribution is 2.59. The normalized spacial score (nSPS) is 31.4. The molecule has 2 fully saturated rings. The average molecular weight is 266 g/mol. The summed E-state index contributed by atoms with van der Waals surface area (Å²) >= 11 is 0. The molecular weight excluding hydrogens is 244 g/mol. The number of fused-ring (bicyclic) bond motifs is 1. The zero-order chi connectivity index (χ0) is 13.6. The van der Waals surface area contributed by atoms with E-state index in [1.54, 1.807) is 0 Å². The van der Waals surface area contributed by atoms with Crippen LogP contribution in [0.2, 0.25) is 0 Å². The lowest BCUT2D eigenvalue weighted by Crippen LogP contribution is -2.21. The van der Waals surface area contributed by atoms with E-state index in [-0.39, 0.29) is 0 Å². The fourth-order valence-corrected chi connectivity index (χ4v) is 4.93. The van der Waals surface area contributed by atoms with Gasteiger partial charge in [-0.05, 0) is 54.2 Å². The van der Waals surface area contributed by atoms with Crippen LogP contribution in [-0.2, 0) is 4.79 Å². The van der Waals surface area contributed by atoms with Crippen LogP contribution in [-0.4, -0.2) is 5.78 Å². The first-order valence-electron chi connectivity index (χ1n) is 8.08. The van der Waals surface area contributed by atoms with Gasteiger partial charge >= 0.3 is 0 Å². The standard InChI is InChI=1S/C19H22O/c20-18-11-15(14-7-3-1-4-8-14)16-12-19(13-17(16)18)9-5-2-6-10-19/h1,3-4,7-8,11,16-17H,2,5-6,9-10,12-13H2/t16-,17-/m0/s1. The van der Waals surface area contributed by atoms with Gasteiger partial charge in [-0.15, -0.1) is 0 Å². The van der Waals surface area contributed by atoms with Gasteiger partial charge in [0.1, 0.15) is 0 Å². The average Bonchev–Trinajstić information content (AvgIpc) is 2.98. The molecule has 0 amide bonds. The summed E-state index contributed by atoms with van der Waals surface area (Å²) in [5.41, 5.74) is 3.08. The van der Waals surface area contributed by atoms with Crippen molar-refractivity contribution < 1.29 is 4.79 Å². The highest BCUT2D eigenvalue weighted by atomic mass is 16.1. The Kier molecular flexibility index (Phi) is 2.83. The second-order valence-corrected chi connectivity index (χ2v) is 7.05. The Hall–Kier alpha value is -1.37. The van der Waals surface area contributed by atoms with Crippen LogP contribution < -0.4 is 0 Å². The molecule has 0 unspecified atom stereocenters. The molecule has 0 saturated heterocycles. The third kappa shape index (κ3) is 1.87. The molecule has 0 heterocycles. The minimum atomic E-state index is 0.295. The predicted octanol–water partition coefficient (Wildman–Crippen LogP) is 4.63. The molecule has 20 heavy (non-hydrogen) atoms. The molecule has 0 N–H and O–H groups in total. The second kappa shape index (κ2) is 4.58. The van der Waals surface area contributed by atoms with E-state index >= 15 is 0 Å². The lowest BCUT2D eigenvalue weighted by Gasteiger charge is -2.34. The molecule has 0 radical (unpaired) electrons. The summed E-state index contributed by atoms with van der Waals surface area (Å²) < 4.78 is 0. The largest absolute Gasteiger partial charge is 0.295 e. The van der Waals surface area contributed by atoms with Crippen LogP contribution in [0.4, 0.5) is 0 Å². The Balaban J connectivity index is 1.65. The molecule has 3 aliphatic carbocycles. The predicted molar refractivity (Wildman–Crippen MR) is 81.2 cm³/mol. The van der Waals surface area contributed by atoms with E-state index < -0.39 is 0 Å². The molecule has 0 aromatic heterocycles.